The van der Waals surface area contributed by atoms with Gasteiger partial charge in [-0.2, -0.15) is 0 Å². The average molecular weight is 380 g/mol. The molecular weight excluding hydrogens is 350 g/mol. The highest BCUT2D eigenvalue weighted by Gasteiger charge is 2.54. The highest BCUT2D eigenvalue weighted by molar-refractivity contribution is 5.24. The maximum atomic E-state index is 6.25. The van der Waals surface area contributed by atoms with Crippen molar-refractivity contribution in [1.82, 2.24) is 4.90 Å². The second-order valence-electron chi connectivity index (χ2n) is 7.63. The topological polar surface area (TPSA) is 30.9 Å². The lowest BCUT2D eigenvalue weighted by molar-refractivity contribution is -0.0968. The van der Waals surface area contributed by atoms with Crippen molar-refractivity contribution in [2.24, 2.45) is 0 Å². The van der Waals surface area contributed by atoms with Crippen LogP contribution in [0.5, 0.6) is 0 Å². The second kappa shape index (κ2) is 8.48. The van der Waals surface area contributed by atoms with Gasteiger partial charge in [-0.05, 0) is 24.1 Å². The third-order valence-electron chi connectivity index (χ3n) is 5.95. The molecule has 0 bridgehead atoms. The zero-order valence-corrected chi connectivity index (χ0v) is 16.7. The maximum Gasteiger partial charge on any atom is 0.155 e. The Balaban J connectivity index is 1.60. The van der Waals surface area contributed by atoms with E-state index in [9.17, 15) is 0 Å². The Labute approximate surface area is 167 Å². The number of ether oxygens (including phenoxy) is 3. The molecule has 0 amide bonds. The smallest absolute Gasteiger partial charge is 0.155 e. The van der Waals surface area contributed by atoms with Crippen LogP contribution in [-0.2, 0) is 27.3 Å². The van der Waals surface area contributed by atoms with E-state index >= 15 is 0 Å². The summed E-state index contributed by atoms with van der Waals surface area (Å²) in [7, 11) is 1.73. The number of hydrogen-bond acceptors (Lipinski definition) is 4. The van der Waals surface area contributed by atoms with Crippen molar-refractivity contribution in [3.63, 3.8) is 0 Å². The van der Waals surface area contributed by atoms with Crippen molar-refractivity contribution < 1.29 is 14.2 Å². The summed E-state index contributed by atoms with van der Waals surface area (Å²) < 4.78 is 18.2. The minimum atomic E-state index is -0.459. The lowest BCUT2D eigenvalue weighted by Gasteiger charge is -2.40. The lowest BCUT2D eigenvalue weighted by atomic mass is 9.88. The SMILES string of the molecule is COC1=CCO[C@]12CCO[C@H]2[C@H](C)N(Cc1ccccc1)Cc1ccccc1. The molecule has 4 rings (SSSR count). The minimum absolute atomic E-state index is 0.0615. The van der Waals surface area contributed by atoms with Crippen molar-refractivity contribution in [3.05, 3.63) is 83.6 Å². The van der Waals surface area contributed by atoms with Crippen LogP contribution in [-0.4, -0.2) is 43.0 Å². The van der Waals surface area contributed by atoms with E-state index in [2.05, 4.69) is 72.5 Å². The Bertz CT molecular complexity index is 751. The monoisotopic (exact) mass is 379 g/mol. The molecule has 28 heavy (non-hydrogen) atoms. The van der Waals surface area contributed by atoms with E-state index in [4.69, 9.17) is 14.2 Å². The fourth-order valence-corrected chi connectivity index (χ4v) is 4.50. The number of rotatable bonds is 7. The summed E-state index contributed by atoms with van der Waals surface area (Å²) in [6.07, 6.45) is 2.83. The molecule has 0 radical (unpaired) electrons. The number of hydrogen-bond donors (Lipinski definition) is 0. The number of nitrogens with zero attached hydrogens (tertiary/aromatic N) is 1. The standard InChI is InChI=1S/C24H29NO3/c1-19(23-24(14-16-27-23)22(26-2)13-15-28-24)25(17-20-9-5-3-6-10-20)18-21-11-7-4-8-12-21/h3-13,19,23H,14-18H2,1-2H3/t19-,23-,24+/m0/s1. The van der Waals surface area contributed by atoms with Gasteiger partial charge in [0.1, 0.15) is 11.9 Å². The van der Waals surface area contributed by atoms with Crippen LogP contribution in [0.3, 0.4) is 0 Å². The van der Waals surface area contributed by atoms with Gasteiger partial charge in [-0.25, -0.2) is 0 Å². The first kappa shape index (κ1) is 19.2. The molecule has 4 nitrogen and oxygen atoms in total. The first-order chi connectivity index (χ1) is 13.7. The van der Waals surface area contributed by atoms with Crippen LogP contribution in [0.15, 0.2) is 72.5 Å². The molecule has 2 aliphatic rings. The fourth-order valence-electron chi connectivity index (χ4n) is 4.50. The zero-order valence-electron chi connectivity index (χ0n) is 16.7. The van der Waals surface area contributed by atoms with E-state index in [1.54, 1.807) is 7.11 Å². The predicted molar refractivity (Wildman–Crippen MR) is 110 cm³/mol. The highest BCUT2D eigenvalue weighted by atomic mass is 16.6. The van der Waals surface area contributed by atoms with E-state index in [0.29, 0.717) is 13.2 Å². The van der Waals surface area contributed by atoms with E-state index in [1.165, 1.54) is 11.1 Å². The Hall–Kier alpha value is -2.14. The average Bonchev–Trinajstić information content (AvgIpc) is 3.35. The lowest BCUT2D eigenvalue weighted by Crippen LogP contribution is -2.52. The van der Waals surface area contributed by atoms with Gasteiger partial charge >= 0.3 is 0 Å². The van der Waals surface area contributed by atoms with Crippen molar-refractivity contribution in [3.8, 4) is 0 Å². The third-order valence-corrected chi connectivity index (χ3v) is 5.95. The van der Waals surface area contributed by atoms with Gasteiger partial charge in [-0.3, -0.25) is 4.90 Å². The van der Waals surface area contributed by atoms with Crippen molar-refractivity contribution >= 4 is 0 Å². The summed E-state index contributed by atoms with van der Waals surface area (Å²) >= 11 is 0. The molecule has 2 aromatic rings. The first-order valence-corrected chi connectivity index (χ1v) is 10.0. The van der Waals surface area contributed by atoms with Crippen LogP contribution < -0.4 is 0 Å². The van der Waals surface area contributed by atoms with Gasteiger partial charge < -0.3 is 14.2 Å². The molecule has 0 unspecified atom stereocenters. The molecule has 2 heterocycles. The van der Waals surface area contributed by atoms with Gasteiger partial charge in [0.05, 0.1) is 20.3 Å². The molecule has 0 aliphatic carbocycles. The van der Waals surface area contributed by atoms with Crippen LogP contribution in [0.4, 0.5) is 0 Å². The normalized spacial score (nSPS) is 25.2. The van der Waals surface area contributed by atoms with Crippen molar-refractivity contribution in [2.75, 3.05) is 20.3 Å². The van der Waals surface area contributed by atoms with E-state index in [0.717, 1.165) is 25.3 Å². The molecule has 3 atom stereocenters. The molecule has 2 aromatic carbocycles. The predicted octanol–water partition coefficient (Wildman–Crippen LogP) is 4.17. The van der Waals surface area contributed by atoms with E-state index < -0.39 is 5.60 Å². The fraction of sp³-hybridized carbons (Fsp3) is 0.417. The Morgan fingerprint density at radius 2 is 1.64 bits per heavy atom. The van der Waals surface area contributed by atoms with Gasteiger partial charge in [0.15, 0.2) is 5.60 Å². The van der Waals surface area contributed by atoms with Crippen LogP contribution in [0.1, 0.15) is 24.5 Å². The molecule has 0 saturated carbocycles. The molecule has 148 valence electrons. The van der Waals surface area contributed by atoms with Gasteiger partial charge in [0, 0.05) is 25.6 Å². The summed E-state index contributed by atoms with van der Waals surface area (Å²) in [5.74, 6) is 0.918. The third kappa shape index (κ3) is 3.72. The van der Waals surface area contributed by atoms with Crippen LogP contribution in [0, 0.1) is 0 Å². The molecule has 0 aromatic heterocycles. The summed E-state index contributed by atoms with van der Waals surface area (Å²) in [6, 6.07) is 21.4. The van der Waals surface area contributed by atoms with Crippen LogP contribution >= 0.6 is 0 Å². The van der Waals surface area contributed by atoms with Gasteiger partial charge in [0.25, 0.3) is 0 Å². The van der Waals surface area contributed by atoms with Crippen molar-refractivity contribution in [1.29, 1.82) is 0 Å². The van der Waals surface area contributed by atoms with Crippen molar-refractivity contribution in [2.45, 2.75) is 44.2 Å². The van der Waals surface area contributed by atoms with Crippen LogP contribution in [0.25, 0.3) is 0 Å². The molecule has 1 saturated heterocycles. The van der Waals surface area contributed by atoms with Crippen LogP contribution in [0.2, 0.25) is 0 Å². The molecule has 4 heteroatoms. The second-order valence-corrected chi connectivity index (χ2v) is 7.63. The van der Waals surface area contributed by atoms with Gasteiger partial charge in [-0.15, -0.1) is 0 Å². The first-order valence-electron chi connectivity index (χ1n) is 10.0. The molecule has 1 fully saturated rings. The van der Waals surface area contributed by atoms with Gasteiger partial charge in [0.2, 0.25) is 0 Å². The zero-order chi connectivity index (χ0) is 19.4. The number of methoxy groups -OCH3 is 1. The summed E-state index contributed by atoms with van der Waals surface area (Å²) in [4.78, 5) is 2.48. The highest BCUT2D eigenvalue weighted by Crippen LogP contribution is 2.43. The largest absolute Gasteiger partial charge is 0.498 e. The van der Waals surface area contributed by atoms with E-state index in [1.807, 2.05) is 6.08 Å². The molecule has 0 N–H and O–H groups in total. The minimum Gasteiger partial charge on any atom is -0.498 e. The molecule has 1 spiro atoms. The summed E-state index contributed by atoms with van der Waals surface area (Å²) in [5, 5.41) is 0. The Morgan fingerprint density at radius 3 is 2.21 bits per heavy atom. The Morgan fingerprint density at radius 1 is 1.04 bits per heavy atom. The summed E-state index contributed by atoms with van der Waals surface area (Å²) in [6.45, 7) is 5.25. The summed E-state index contributed by atoms with van der Waals surface area (Å²) in [5.41, 5.74) is 2.14. The maximum absolute atomic E-state index is 6.25. The van der Waals surface area contributed by atoms with Gasteiger partial charge in [-0.1, -0.05) is 60.7 Å². The number of benzene rings is 2. The molecular formula is C24H29NO3. The Kier molecular flexibility index (Phi) is 5.81. The quantitative estimate of drug-likeness (QED) is 0.723. The van der Waals surface area contributed by atoms with E-state index in [-0.39, 0.29) is 12.1 Å². The molecule has 2 aliphatic heterocycles.